The molecule has 1 amide bonds. The minimum absolute atomic E-state index is 0.101. The van der Waals surface area contributed by atoms with Crippen molar-refractivity contribution in [3.05, 3.63) is 65.8 Å². The van der Waals surface area contributed by atoms with Gasteiger partial charge in [0.1, 0.15) is 5.75 Å². The predicted octanol–water partition coefficient (Wildman–Crippen LogP) is 1.84. The van der Waals surface area contributed by atoms with Crippen LogP contribution in [-0.4, -0.2) is 25.8 Å². The van der Waals surface area contributed by atoms with E-state index in [0.29, 0.717) is 25.1 Å². The molecule has 1 aromatic rings. The van der Waals surface area contributed by atoms with Crippen LogP contribution in [-0.2, 0) is 28.1 Å². The van der Waals surface area contributed by atoms with Gasteiger partial charge in [0.15, 0.2) is 0 Å². The molecule has 6 nitrogen and oxygen atoms in total. The Hall–Kier alpha value is -2.38. The summed E-state index contributed by atoms with van der Waals surface area (Å²) < 4.78 is 26.8. The molecule has 1 aliphatic heterocycles. The van der Waals surface area contributed by atoms with E-state index >= 15 is 0 Å². The molecule has 24 heavy (non-hydrogen) atoms. The Labute approximate surface area is 142 Å². The number of nitrogens with zero attached hydrogens (tertiary/aromatic N) is 1. The second kappa shape index (κ2) is 7.46. The summed E-state index contributed by atoms with van der Waals surface area (Å²) in [4.78, 5) is 14.3. The summed E-state index contributed by atoms with van der Waals surface area (Å²) in [5, 5.41) is 4.89. The maximum absolute atomic E-state index is 12.6. The number of hydrogen-bond acceptors (Lipinski definition) is 4. The normalized spacial score (nSPS) is 15.2. The summed E-state index contributed by atoms with van der Waals surface area (Å²) in [6, 6.07) is 4.96. The zero-order chi connectivity index (χ0) is 17.7. The van der Waals surface area contributed by atoms with Crippen LogP contribution in [0.3, 0.4) is 0 Å². The summed E-state index contributed by atoms with van der Waals surface area (Å²) in [5.41, 5.74) is 2.45. The lowest BCUT2D eigenvalue weighted by atomic mass is 9.98. The minimum Gasteiger partial charge on any atom is -0.371 e. The highest BCUT2D eigenvalue weighted by Crippen LogP contribution is 2.25. The van der Waals surface area contributed by atoms with Gasteiger partial charge in [-0.2, -0.15) is 13.6 Å². The average molecular weight is 348 g/mol. The number of hydrogen-bond donors (Lipinski definition) is 1. The van der Waals surface area contributed by atoms with E-state index in [1.807, 2.05) is 6.92 Å². The Morgan fingerprint density at radius 1 is 1.38 bits per heavy atom. The topological polar surface area (TPSA) is 89.7 Å². The largest absolute Gasteiger partial charge is 0.380 e. The number of fused-ring (bicyclic) bond motifs is 1. The highest BCUT2D eigenvalue weighted by Gasteiger charge is 2.23. The van der Waals surface area contributed by atoms with Crippen molar-refractivity contribution < 1.29 is 17.4 Å². The van der Waals surface area contributed by atoms with Crippen molar-refractivity contribution in [2.45, 2.75) is 19.9 Å². The fourth-order valence-corrected chi connectivity index (χ4v) is 2.95. The molecular formula is C17H20N2O4S. The zero-order valence-electron chi connectivity index (χ0n) is 13.4. The molecule has 0 spiro atoms. The van der Waals surface area contributed by atoms with E-state index in [2.05, 4.69) is 6.58 Å². The molecule has 0 radical (unpaired) electrons. The lowest BCUT2D eigenvalue weighted by Crippen LogP contribution is -2.36. The number of allylic oxidation sites excluding steroid dienone is 3. The first kappa shape index (κ1) is 18.0. The first-order valence-electron chi connectivity index (χ1n) is 7.42. The number of nitrogens with two attached hydrogens (primary N) is 1. The van der Waals surface area contributed by atoms with Gasteiger partial charge < -0.3 is 9.08 Å². The Kier molecular flexibility index (Phi) is 5.58. The van der Waals surface area contributed by atoms with Crippen molar-refractivity contribution in [1.29, 1.82) is 0 Å². The van der Waals surface area contributed by atoms with Crippen LogP contribution < -0.4 is 9.32 Å². The van der Waals surface area contributed by atoms with Gasteiger partial charge in [-0.25, -0.2) is 0 Å². The highest BCUT2D eigenvalue weighted by atomic mass is 32.2. The molecule has 2 N–H and O–H groups in total. The van der Waals surface area contributed by atoms with Crippen molar-refractivity contribution in [2.24, 2.45) is 5.14 Å². The number of rotatable bonds is 5. The molecule has 2 rings (SSSR count). The molecule has 0 unspecified atom stereocenters. The third-order valence-corrected chi connectivity index (χ3v) is 4.00. The highest BCUT2D eigenvalue weighted by molar-refractivity contribution is 7.84. The molecule has 1 aliphatic rings. The van der Waals surface area contributed by atoms with Crippen LogP contribution in [0, 0.1) is 0 Å². The molecule has 7 heteroatoms. The van der Waals surface area contributed by atoms with Crippen LogP contribution in [0.2, 0.25) is 0 Å². The van der Waals surface area contributed by atoms with Gasteiger partial charge in [0, 0.05) is 18.7 Å². The minimum atomic E-state index is -4.07. The first-order chi connectivity index (χ1) is 11.3. The number of amides is 1. The van der Waals surface area contributed by atoms with Gasteiger partial charge in [-0.15, -0.1) is 0 Å². The molecule has 0 bridgehead atoms. The fraction of sp³-hybridized carbons (Fsp3) is 0.235. The molecule has 1 aromatic carbocycles. The third-order valence-electron chi connectivity index (χ3n) is 3.58. The van der Waals surface area contributed by atoms with Crippen LogP contribution in [0.15, 0.2) is 54.7 Å². The number of carbonyl (C=O) groups is 1. The summed E-state index contributed by atoms with van der Waals surface area (Å²) in [6.45, 7) is 6.43. The molecule has 0 aliphatic carbocycles. The van der Waals surface area contributed by atoms with E-state index in [1.54, 1.807) is 47.4 Å². The van der Waals surface area contributed by atoms with E-state index in [-0.39, 0.29) is 11.7 Å². The Bertz CT molecular complexity index is 810. The smallest absolute Gasteiger partial charge is 0.371 e. The van der Waals surface area contributed by atoms with Gasteiger partial charge in [0.25, 0.3) is 5.91 Å². The van der Waals surface area contributed by atoms with Crippen LogP contribution in [0.1, 0.15) is 18.1 Å². The van der Waals surface area contributed by atoms with Gasteiger partial charge in [-0.1, -0.05) is 36.9 Å². The molecule has 1 heterocycles. The van der Waals surface area contributed by atoms with Gasteiger partial charge in [-0.3, -0.25) is 4.79 Å². The molecule has 0 saturated carbocycles. The van der Waals surface area contributed by atoms with Crippen molar-refractivity contribution in [2.75, 3.05) is 6.54 Å². The van der Waals surface area contributed by atoms with Crippen LogP contribution in [0.4, 0.5) is 0 Å². The fourth-order valence-electron chi connectivity index (χ4n) is 2.58. The molecule has 128 valence electrons. The maximum atomic E-state index is 12.6. The molecule has 0 fully saturated rings. The van der Waals surface area contributed by atoms with E-state index in [1.165, 1.54) is 0 Å². The summed E-state index contributed by atoms with van der Waals surface area (Å²) in [7, 11) is -4.07. The lowest BCUT2D eigenvalue weighted by Gasteiger charge is -2.29. The van der Waals surface area contributed by atoms with Gasteiger partial charge in [0.05, 0.1) is 0 Å². The summed E-state index contributed by atoms with van der Waals surface area (Å²) in [5.74, 6) is 0.0391. The van der Waals surface area contributed by atoms with Gasteiger partial charge in [0.2, 0.25) is 0 Å². The standard InChI is InChI=1S/C17H20N2O4S/c1-3-5-14(6-4-2)17(20)19-10-9-13-7-8-16(11-15(13)12-19)23-24(18,21)22/h3-8,11H,1,9-10,12H2,2H3,(H2,18,21,22)/b6-4-,14-5+. The van der Waals surface area contributed by atoms with Gasteiger partial charge in [-0.05, 0) is 36.6 Å². The number of carbonyl (C=O) groups excluding carboxylic acids is 1. The number of benzene rings is 1. The maximum Gasteiger partial charge on any atom is 0.380 e. The van der Waals surface area contributed by atoms with E-state index in [0.717, 1.165) is 11.1 Å². The average Bonchev–Trinajstić information content (AvgIpc) is 2.51. The van der Waals surface area contributed by atoms with Gasteiger partial charge >= 0.3 is 10.3 Å². The first-order valence-corrected chi connectivity index (χ1v) is 8.90. The summed E-state index contributed by atoms with van der Waals surface area (Å²) in [6.07, 6.45) is 7.46. The molecular weight excluding hydrogens is 328 g/mol. The van der Waals surface area contributed by atoms with E-state index < -0.39 is 10.3 Å². The molecule has 0 saturated heterocycles. The van der Waals surface area contributed by atoms with Crippen molar-refractivity contribution >= 4 is 16.2 Å². The molecule has 0 atom stereocenters. The second-order valence-electron chi connectivity index (χ2n) is 5.34. The van der Waals surface area contributed by atoms with Crippen LogP contribution in [0.5, 0.6) is 5.75 Å². The predicted molar refractivity (Wildman–Crippen MR) is 92.4 cm³/mol. The Morgan fingerprint density at radius 3 is 2.75 bits per heavy atom. The monoisotopic (exact) mass is 348 g/mol. The SMILES string of the molecule is C=C/C=C(\C=C/C)C(=O)N1CCc2ccc(OS(N)(=O)=O)cc2C1. The van der Waals surface area contributed by atoms with Crippen molar-refractivity contribution in [1.82, 2.24) is 4.90 Å². The Balaban J connectivity index is 2.24. The zero-order valence-corrected chi connectivity index (χ0v) is 14.3. The van der Waals surface area contributed by atoms with E-state index in [4.69, 9.17) is 9.32 Å². The van der Waals surface area contributed by atoms with Crippen molar-refractivity contribution in [3.8, 4) is 5.75 Å². The Morgan fingerprint density at radius 2 is 2.12 bits per heavy atom. The van der Waals surface area contributed by atoms with E-state index in [9.17, 15) is 13.2 Å². The molecule has 0 aromatic heterocycles. The van der Waals surface area contributed by atoms with Crippen molar-refractivity contribution in [3.63, 3.8) is 0 Å². The summed E-state index contributed by atoms with van der Waals surface area (Å²) >= 11 is 0. The lowest BCUT2D eigenvalue weighted by molar-refractivity contribution is -0.127. The second-order valence-corrected chi connectivity index (χ2v) is 6.49. The van der Waals surface area contributed by atoms with Crippen LogP contribution >= 0.6 is 0 Å². The van der Waals surface area contributed by atoms with Crippen LogP contribution in [0.25, 0.3) is 0 Å². The quantitative estimate of drug-likeness (QED) is 0.649. The third kappa shape index (κ3) is 4.56.